The van der Waals surface area contributed by atoms with E-state index < -0.39 is 5.66 Å². The van der Waals surface area contributed by atoms with Gasteiger partial charge in [-0.05, 0) is 12.1 Å². The van der Waals surface area contributed by atoms with Crippen molar-refractivity contribution in [2.24, 2.45) is 21.6 Å². The first-order valence-electron chi connectivity index (χ1n) is 6.39. The first-order valence-corrected chi connectivity index (χ1v) is 6.77. The molecule has 5 nitrogen and oxygen atoms in total. The van der Waals surface area contributed by atoms with Crippen LogP contribution in [0.1, 0.15) is 11.1 Å². The van der Waals surface area contributed by atoms with Crippen molar-refractivity contribution in [3.05, 3.63) is 70.7 Å². The minimum atomic E-state index is -1.15. The first-order chi connectivity index (χ1) is 10.1. The van der Waals surface area contributed by atoms with Crippen LogP contribution in [-0.4, -0.2) is 11.7 Å². The van der Waals surface area contributed by atoms with Crippen molar-refractivity contribution in [1.82, 2.24) is 5.43 Å². The van der Waals surface area contributed by atoms with Gasteiger partial charge >= 0.3 is 0 Å². The van der Waals surface area contributed by atoms with Gasteiger partial charge < -0.3 is 5.73 Å². The molecule has 0 saturated carbocycles. The van der Waals surface area contributed by atoms with E-state index in [9.17, 15) is 0 Å². The van der Waals surface area contributed by atoms with E-state index in [0.717, 1.165) is 11.1 Å². The summed E-state index contributed by atoms with van der Waals surface area (Å²) < 4.78 is 0. The number of aliphatic imine (C=N–C) groups is 1. The van der Waals surface area contributed by atoms with Crippen LogP contribution in [0.25, 0.3) is 0 Å². The zero-order valence-corrected chi connectivity index (χ0v) is 11.9. The van der Waals surface area contributed by atoms with E-state index in [1.807, 2.05) is 42.5 Å². The Bertz CT molecular complexity index is 709. The van der Waals surface area contributed by atoms with E-state index in [1.165, 1.54) is 0 Å². The van der Waals surface area contributed by atoms with E-state index in [4.69, 9.17) is 23.1 Å². The van der Waals surface area contributed by atoms with Gasteiger partial charge in [0.1, 0.15) is 5.71 Å². The van der Waals surface area contributed by atoms with Crippen molar-refractivity contribution in [3.8, 4) is 0 Å². The molecular formula is C15H14ClN5. The first kappa shape index (κ1) is 13.6. The lowest BCUT2D eigenvalue weighted by Gasteiger charge is -2.31. The molecule has 0 fully saturated rings. The Hall–Kier alpha value is -2.37. The number of rotatable bonds is 2. The van der Waals surface area contributed by atoms with Gasteiger partial charge in [0.2, 0.25) is 5.96 Å². The molecule has 1 aliphatic heterocycles. The Kier molecular flexibility index (Phi) is 3.37. The number of halogens is 1. The summed E-state index contributed by atoms with van der Waals surface area (Å²) in [6, 6.07) is 16.8. The third-order valence-corrected chi connectivity index (χ3v) is 3.52. The number of nitrogens with two attached hydrogens (primary N) is 2. The number of nitrogens with one attached hydrogen (secondary N) is 1. The van der Waals surface area contributed by atoms with Gasteiger partial charge in [-0.3, -0.25) is 5.73 Å². The molecular weight excluding hydrogens is 286 g/mol. The molecule has 0 aliphatic carbocycles. The minimum Gasteiger partial charge on any atom is -0.368 e. The highest BCUT2D eigenvalue weighted by Gasteiger charge is 2.37. The molecule has 2 aromatic rings. The lowest BCUT2D eigenvalue weighted by atomic mass is 9.90. The summed E-state index contributed by atoms with van der Waals surface area (Å²) >= 11 is 5.93. The van der Waals surface area contributed by atoms with Crippen molar-refractivity contribution >= 4 is 23.3 Å². The minimum absolute atomic E-state index is 0.173. The maximum atomic E-state index is 6.52. The van der Waals surface area contributed by atoms with Crippen LogP contribution in [0.4, 0.5) is 0 Å². The summed E-state index contributed by atoms with van der Waals surface area (Å²) in [6.07, 6.45) is 0. The average molecular weight is 300 g/mol. The summed E-state index contributed by atoms with van der Waals surface area (Å²) in [6.45, 7) is 0. The Morgan fingerprint density at radius 3 is 2.33 bits per heavy atom. The van der Waals surface area contributed by atoms with Gasteiger partial charge in [0.25, 0.3) is 0 Å². The summed E-state index contributed by atoms with van der Waals surface area (Å²) in [5.41, 5.74) is 16.0. The monoisotopic (exact) mass is 299 g/mol. The molecule has 0 radical (unpaired) electrons. The van der Waals surface area contributed by atoms with Gasteiger partial charge in [0.15, 0.2) is 5.66 Å². The molecule has 0 amide bonds. The molecule has 106 valence electrons. The van der Waals surface area contributed by atoms with Crippen molar-refractivity contribution in [2.75, 3.05) is 0 Å². The molecule has 6 heteroatoms. The molecule has 0 saturated heterocycles. The molecule has 0 bridgehead atoms. The lowest BCUT2D eigenvalue weighted by molar-refractivity contribution is 0.613. The van der Waals surface area contributed by atoms with Crippen LogP contribution in [0, 0.1) is 0 Å². The molecule has 21 heavy (non-hydrogen) atoms. The quantitative estimate of drug-likeness (QED) is 0.789. The molecule has 0 spiro atoms. The van der Waals surface area contributed by atoms with E-state index in [2.05, 4.69) is 15.5 Å². The van der Waals surface area contributed by atoms with Gasteiger partial charge in [0, 0.05) is 16.1 Å². The van der Waals surface area contributed by atoms with Gasteiger partial charge in [-0.2, -0.15) is 5.10 Å². The Labute approximate surface area is 127 Å². The fraction of sp³-hybridized carbons (Fsp3) is 0.0667. The highest BCUT2D eigenvalue weighted by molar-refractivity contribution is 6.30. The van der Waals surface area contributed by atoms with Gasteiger partial charge in [-0.1, -0.05) is 54.1 Å². The number of hydrazone groups is 1. The molecule has 1 atom stereocenters. The van der Waals surface area contributed by atoms with Crippen molar-refractivity contribution in [2.45, 2.75) is 5.66 Å². The fourth-order valence-electron chi connectivity index (χ4n) is 2.25. The summed E-state index contributed by atoms with van der Waals surface area (Å²) in [4.78, 5) is 4.36. The number of guanidine groups is 1. The smallest absolute Gasteiger partial charge is 0.212 e. The van der Waals surface area contributed by atoms with E-state index in [0.29, 0.717) is 10.7 Å². The van der Waals surface area contributed by atoms with Crippen LogP contribution in [0.2, 0.25) is 5.02 Å². The maximum absolute atomic E-state index is 6.52. The van der Waals surface area contributed by atoms with Gasteiger partial charge in [0.05, 0.1) is 0 Å². The van der Waals surface area contributed by atoms with Crippen LogP contribution in [0.3, 0.4) is 0 Å². The van der Waals surface area contributed by atoms with Crippen LogP contribution in [0.15, 0.2) is 64.7 Å². The standard InChI is InChI=1S/C15H14ClN5/c16-12-8-6-11(7-9-12)15(18)13(20-21-14(17)19-15)10-4-2-1-3-5-10/h1-9H,18H2,(H3,17,19,21). The molecule has 2 aromatic carbocycles. The Balaban J connectivity index is 2.13. The number of benzene rings is 2. The van der Waals surface area contributed by atoms with Crippen LogP contribution < -0.4 is 16.9 Å². The maximum Gasteiger partial charge on any atom is 0.212 e. The normalized spacial score (nSPS) is 21.2. The largest absolute Gasteiger partial charge is 0.368 e. The zero-order valence-electron chi connectivity index (χ0n) is 11.1. The molecule has 0 aromatic heterocycles. The summed E-state index contributed by atoms with van der Waals surface area (Å²) in [5.74, 6) is 0.173. The van der Waals surface area contributed by atoms with Crippen molar-refractivity contribution < 1.29 is 0 Å². The van der Waals surface area contributed by atoms with Gasteiger partial charge in [-0.25, -0.2) is 10.4 Å². The fourth-order valence-corrected chi connectivity index (χ4v) is 2.38. The third kappa shape index (κ3) is 2.49. The third-order valence-electron chi connectivity index (χ3n) is 3.27. The Morgan fingerprint density at radius 1 is 1.00 bits per heavy atom. The average Bonchev–Trinajstić information content (AvgIpc) is 2.48. The van der Waals surface area contributed by atoms with E-state index >= 15 is 0 Å². The van der Waals surface area contributed by atoms with E-state index in [-0.39, 0.29) is 5.96 Å². The predicted molar refractivity (Wildman–Crippen MR) is 85.1 cm³/mol. The van der Waals surface area contributed by atoms with Crippen LogP contribution in [0.5, 0.6) is 0 Å². The molecule has 1 unspecified atom stereocenters. The highest BCUT2D eigenvalue weighted by atomic mass is 35.5. The molecule has 5 N–H and O–H groups in total. The second-order valence-corrected chi connectivity index (χ2v) is 5.14. The summed E-state index contributed by atoms with van der Waals surface area (Å²) in [7, 11) is 0. The van der Waals surface area contributed by atoms with Crippen molar-refractivity contribution in [1.29, 1.82) is 0 Å². The van der Waals surface area contributed by atoms with E-state index in [1.54, 1.807) is 12.1 Å². The van der Waals surface area contributed by atoms with Crippen molar-refractivity contribution in [3.63, 3.8) is 0 Å². The SMILES string of the molecule is NC1=NC(N)(c2ccc(Cl)cc2)C(c2ccccc2)=NN1. The second kappa shape index (κ2) is 5.20. The predicted octanol–water partition coefficient (Wildman–Crippen LogP) is 1.77. The van der Waals surface area contributed by atoms with Gasteiger partial charge in [-0.15, -0.1) is 0 Å². The Morgan fingerprint density at radius 2 is 1.67 bits per heavy atom. The molecule has 1 heterocycles. The number of nitrogens with zero attached hydrogens (tertiary/aromatic N) is 2. The summed E-state index contributed by atoms with van der Waals surface area (Å²) in [5, 5.41) is 4.92. The molecule has 3 rings (SSSR count). The topological polar surface area (TPSA) is 88.8 Å². The second-order valence-electron chi connectivity index (χ2n) is 4.71. The van der Waals surface area contributed by atoms with Crippen LogP contribution in [-0.2, 0) is 5.66 Å². The molecule has 1 aliphatic rings. The number of hydrogen-bond donors (Lipinski definition) is 3. The highest BCUT2D eigenvalue weighted by Crippen LogP contribution is 2.28. The van der Waals surface area contributed by atoms with Crippen LogP contribution >= 0.6 is 11.6 Å². The zero-order chi connectivity index (χ0) is 14.9. The lowest BCUT2D eigenvalue weighted by Crippen LogP contribution is -2.51. The number of hydrogen-bond acceptors (Lipinski definition) is 5.